The van der Waals surface area contributed by atoms with Crippen molar-refractivity contribution in [3.8, 4) is 0 Å². The highest BCUT2D eigenvalue weighted by molar-refractivity contribution is 9.14. The number of halogens is 2. The van der Waals surface area contributed by atoms with Crippen LogP contribution in [0.4, 0.5) is 0 Å². The number of rotatable bonds is 3. The van der Waals surface area contributed by atoms with Crippen LogP contribution in [0.15, 0.2) is 9.47 Å². The molecule has 0 rings (SSSR count). The second-order valence-electron chi connectivity index (χ2n) is 2.18. The van der Waals surface area contributed by atoms with Gasteiger partial charge in [0.2, 0.25) is 0 Å². The van der Waals surface area contributed by atoms with Crippen molar-refractivity contribution in [2.24, 2.45) is 0 Å². The molecule has 0 saturated heterocycles. The predicted molar refractivity (Wildman–Crippen MR) is 54.5 cm³/mol. The third-order valence-corrected chi connectivity index (χ3v) is 5.46. The van der Waals surface area contributed by atoms with E-state index < -0.39 is 0 Å². The van der Waals surface area contributed by atoms with Gasteiger partial charge in [0.15, 0.2) is 0 Å². The van der Waals surface area contributed by atoms with Crippen molar-refractivity contribution >= 4 is 42.1 Å². The first kappa shape index (κ1) is 9.92. The average Bonchev–Trinajstić information content (AvgIpc) is 1.87. The van der Waals surface area contributed by atoms with Gasteiger partial charge in [-0.2, -0.15) is 0 Å². The van der Waals surface area contributed by atoms with E-state index in [9.17, 15) is 0 Å². The molecule has 0 aliphatic heterocycles. The Balaban J connectivity index is 3.59. The summed E-state index contributed by atoms with van der Waals surface area (Å²) < 4.78 is 1.32. The van der Waals surface area contributed by atoms with E-state index in [0.29, 0.717) is 0 Å². The van der Waals surface area contributed by atoms with E-state index >= 15 is 0 Å². The van der Waals surface area contributed by atoms with Crippen molar-refractivity contribution in [1.29, 1.82) is 0 Å². The molecule has 3 heteroatoms. The lowest BCUT2D eigenvalue weighted by Gasteiger charge is -2.06. The Labute approximate surface area is 76.8 Å². The van der Waals surface area contributed by atoms with Crippen LogP contribution in [0, 0.1) is 0 Å². The third kappa shape index (κ3) is 4.34. The van der Waals surface area contributed by atoms with Gasteiger partial charge in [-0.05, 0) is 16.9 Å². The molecule has 0 saturated carbocycles. The molecule has 9 heavy (non-hydrogen) atoms. The summed E-state index contributed by atoms with van der Waals surface area (Å²) >= 11 is 6.79. The summed E-state index contributed by atoms with van der Waals surface area (Å²) in [5, 5.41) is 0. The lowest BCUT2D eigenvalue weighted by Crippen LogP contribution is -1.89. The van der Waals surface area contributed by atoms with Crippen LogP contribution >= 0.6 is 31.9 Å². The van der Waals surface area contributed by atoms with Crippen LogP contribution in [0.25, 0.3) is 0 Å². The molecule has 0 aromatic rings. The molecule has 54 valence electrons. The van der Waals surface area contributed by atoms with Crippen LogP contribution < -0.4 is 0 Å². The molecule has 0 aliphatic carbocycles. The van der Waals surface area contributed by atoms with E-state index in [-0.39, 0.29) is 0 Å². The van der Waals surface area contributed by atoms with Crippen LogP contribution in [0.3, 0.4) is 0 Å². The molecule has 0 radical (unpaired) electrons. The maximum absolute atomic E-state index is 3.49. The Morgan fingerprint density at radius 3 is 2.67 bits per heavy atom. The molecule has 0 N–H and O–H groups in total. The molecule has 1 atom stereocenters. The quantitative estimate of drug-likeness (QED) is 0.693. The molecule has 0 aromatic heterocycles. The molecule has 0 aromatic carbocycles. The van der Waals surface area contributed by atoms with E-state index in [1.165, 1.54) is 27.6 Å². The summed E-state index contributed by atoms with van der Waals surface area (Å²) in [6, 6.07) is 0. The van der Waals surface area contributed by atoms with Crippen molar-refractivity contribution in [2.75, 3.05) is 0 Å². The first-order valence-electron chi connectivity index (χ1n) is 3.18. The van der Waals surface area contributed by atoms with Crippen LogP contribution in [0.2, 0.25) is 5.54 Å². The fourth-order valence-corrected chi connectivity index (χ4v) is 2.59. The molecule has 0 spiro atoms. The van der Waals surface area contributed by atoms with Crippen molar-refractivity contribution < 1.29 is 0 Å². The number of allylic oxidation sites excluding steroid dienone is 1. The molecule has 0 fully saturated rings. The van der Waals surface area contributed by atoms with Gasteiger partial charge in [0.05, 0.1) is 0 Å². The second kappa shape index (κ2) is 5.68. The highest BCUT2D eigenvalue weighted by Gasteiger charge is 2.01. The Morgan fingerprint density at radius 1 is 1.78 bits per heavy atom. The first-order valence-corrected chi connectivity index (χ1v) is 6.04. The number of hydrogen-bond donors (Lipinski definition) is 0. The van der Waals surface area contributed by atoms with E-state index in [1.807, 2.05) is 4.99 Å². The Bertz CT molecular complexity index is 101. The van der Waals surface area contributed by atoms with E-state index in [1.54, 1.807) is 0 Å². The monoisotopic (exact) mass is 270 g/mol. The number of hydrogen-bond acceptors (Lipinski definition) is 0. The molecule has 0 aliphatic rings. The zero-order valence-corrected chi connectivity index (χ0v) is 11.0. The van der Waals surface area contributed by atoms with Crippen LogP contribution in [0.1, 0.15) is 19.8 Å². The summed E-state index contributed by atoms with van der Waals surface area (Å²) in [6.45, 7) is 2.22. The van der Waals surface area contributed by atoms with Gasteiger partial charge in [0, 0.05) is 14.7 Å². The van der Waals surface area contributed by atoms with Crippen molar-refractivity contribution in [2.45, 2.75) is 25.3 Å². The van der Waals surface area contributed by atoms with E-state index in [0.717, 1.165) is 5.54 Å². The van der Waals surface area contributed by atoms with Gasteiger partial charge in [-0.3, -0.25) is 0 Å². The summed E-state index contributed by atoms with van der Waals surface area (Å²) in [5.41, 5.74) is 0.800. The highest BCUT2D eigenvalue weighted by atomic mass is 79.9. The second-order valence-corrected chi connectivity index (χ2v) is 4.95. The van der Waals surface area contributed by atoms with Gasteiger partial charge >= 0.3 is 0 Å². The lowest BCUT2D eigenvalue weighted by molar-refractivity contribution is 0.808. The molecule has 0 amide bonds. The molecule has 0 nitrogen and oxygen atoms in total. The maximum Gasteiger partial charge on any atom is 0.0130 e. The van der Waals surface area contributed by atoms with Gasteiger partial charge in [0.25, 0.3) is 0 Å². The summed E-state index contributed by atoms with van der Waals surface area (Å²) in [4.78, 5) is 1.97. The van der Waals surface area contributed by atoms with Crippen molar-refractivity contribution in [3.05, 3.63) is 9.47 Å². The van der Waals surface area contributed by atoms with Crippen LogP contribution in [-0.2, 0) is 0 Å². The van der Waals surface area contributed by atoms with Gasteiger partial charge in [-0.15, -0.1) is 0 Å². The standard InChI is InChI=1S/C6H12Br2Si/c1-2-3-6(9)5(8)4-7/h4,6H,2-3H2,1,9H3. The summed E-state index contributed by atoms with van der Waals surface area (Å²) in [7, 11) is 1.25. The van der Waals surface area contributed by atoms with Gasteiger partial charge in [0.1, 0.15) is 0 Å². The minimum atomic E-state index is 0.800. The van der Waals surface area contributed by atoms with E-state index in [2.05, 4.69) is 38.8 Å². The topological polar surface area (TPSA) is 0 Å². The largest absolute Gasteiger partial charge is 0.0654 e. The molecule has 1 unspecified atom stereocenters. The van der Waals surface area contributed by atoms with Gasteiger partial charge in [-0.1, -0.05) is 45.2 Å². The van der Waals surface area contributed by atoms with Crippen LogP contribution in [-0.4, -0.2) is 10.2 Å². The van der Waals surface area contributed by atoms with Crippen LogP contribution in [0.5, 0.6) is 0 Å². The minimum Gasteiger partial charge on any atom is -0.0654 e. The van der Waals surface area contributed by atoms with E-state index in [4.69, 9.17) is 0 Å². The SMILES string of the molecule is CCCC([SiH3])C(Br)=CBr. The smallest absolute Gasteiger partial charge is 0.0130 e. The fraction of sp³-hybridized carbons (Fsp3) is 0.667. The third-order valence-electron chi connectivity index (χ3n) is 1.30. The Morgan fingerprint density at radius 2 is 2.33 bits per heavy atom. The fourth-order valence-electron chi connectivity index (χ4n) is 0.678. The lowest BCUT2D eigenvalue weighted by atomic mass is 10.2. The average molecular weight is 272 g/mol. The molecular formula is C6H12Br2Si. The highest BCUT2D eigenvalue weighted by Crippen LogP contribution is 2.25. The summed E-state index contributed by atoms with van der Waals surface area (Å²) in [5.74, 6) is 0. The Hall–Kier alpha value is 0.917. The minimum absolute atomic E-state index is 0.800. The predicted octanol–water partition coefficient (Wildman–Crippen LogP) is 2.57. The maximum atomic E-state index is 3.49. The first-order chi connectivity index (χ1) is 4.22. The summed E-state index contributed by atoms with van der Waals surface area (Å²) in [6.07, 6.45) is 2.60. The zero-order chi connectivity index (χ0) is 7.28. The molecule has 0 heterocycles. The molecule has 0 bridgehead atoms. The zero-order valence-electron chi connectivity index (χ0n) is 5.82. The Kier molecular flexibility index (Phi) is 6.26. The van der Waals surface area contributed by atoms with Crippen molar-refractivity contribution in [1.82, 2.24) is 0 Å². The van der Waals surface area contributed by atoms with Gasteiger partial charge < -0.3 is 0 Å². The van der Waals surface area contributed by atoms with Crippen molar-refractivity contribution in [3.63, 3.8) is 0 Å². The normalized spacial score (nSPS) is 16.1. The molecular weight excluding hydrogens is 260 g/mol. The van der Waals surface area contributed by atoms with Gasteiger partial charge in [-0.25, -0.2) is 0 Å².